The molecule has 1 saturated heterocycles. The predicted molar refractivity (Wildman–Crippen MR) is 96.8 cm³/mol. The number of sulfonamides is 1. The molecule has 0 radical (unpaired) electrons. The number of benzene rings is 2. The highest BCUT2D eigenvalue weighted by Crippen LogP contribution is 2.21. The zero-order chi connectivity index (χ0) is 18.6. The standard InChI is InChI=1S/C19H19N3O3S/c20-14-15-5-4-8-18(13-15)26(24,25)22-11-9-17(10-12-22)21-19(23)16-6-2-1-3-7-16/h1-8,13,17H,9-12H2,(H,21,23). The average molecular weight is 369 g/mol. The number of rotatable bonds is 4. The summed E-state index contributed by atoms with van der Waals surface area (Å²) >= 11 is 0. The van der Waals surface area contributed by atoms with Gasteiger partial charge in [-0.25, -0.2) is 8.42 Å². The molecular weight excluding hydrogens is 350 g/mol. The highest BCUT2D eigenvalue weighted by atomic mass is 32.2. The predicted octanol–water partition coefficient (Wildman–Crippen LogP) is 2.14. The minimum absolute atomic E-state index is 0.0559. The van der Waals surface area contributed by atoms with Crippen LogP contribution in [0.3, 0.4) is 0 Å². The van der Waals surface area contributed by atoms with Gasteiger partial charge in [-0.3, -0.25) is 4.79 Å². The summed E-state index contributed by atoms with van der Waals surface area (Å²) in [4.78, 5) is 12.3. The third-order valence-electron chi connectivity index (χ3n) is 4.43. The van der Waals surface area contributed by atoms with Gasteiger partial charge >= 0.3 is 0 Å². The zero-order valence-corrected chi connectivity index (χ0v) is 14.9. The van der Waals surface area contributed by atoms with Crippen LogP contribution in [0.5, 0.6) is 0 Å². The summed E-state index contributed by atoms with van der Waals surface area (Å²) < 4.78 is 26.9. The van der Waals surface area contributed by atoms with Gasteiger partial charge in [0.05, 0.1) is 16.5 Å². The third-order valence-corrected chi connectivity index (χ3v) is 6.32. The van der Waals surface area contributed by atoms with Gasteiger partial charge in [-0.1, -0.05) is 24.3 Å². The minimum Gasteiger partial charge on any atom is -0.349 e. The van der Waals surface area contributed by atoms with Gasteiger partial charge in [0, 0.05) is 24.7 Å². The Morgan fingerprint density at radius 2 is 1.77 bits per heavy atom. The van der Waals surface area contributed by atoms with Crippen molar-refractivity contribution >= 4 is 15.9 Å². The van der Waals surface area contributed by atoms with E-state index in [9.17, 15) is 13.2 Å². The van der Waals surface area contributed by atoms with E-state index in [2.05, 4.69) is 5.32 Å². The van der Waals surface area contributed by atoms with Gasteiger partial charge < -0.3 is 5.32 Å². The van der Waals surface area contributed by atoms with E-state index in [0.29, 0.717) is 37.1 Å². The fourth-order valence-electron chi connectivity index (χ4n) is 2.97. The summed E-state index contributed by atoms with van der Waals surface area (Å²) in [6.07, 6.45) is 1.10. The maximum absolute atomic E-state index is 12.7. The highest BCUT2D eigenvalue weighted by Gasteiger charge is 2.30. The van der Waals surface area contributed by atoms with Crippen molar-refractivity contribution in [3.63, 3.8) is 0 Å². The quantitative estimate of drug-likeness (QED) is 0.894. The molecule has 1 amide bonds. The van der Waals surface area contributed by atoms with Gasteiger partial charge in [0.2, 0.25) is 10.0 Å². The van der Waals surface area contributed by atoms with Gasteiger partial charge in [-0.15, -0.1) is 0 Å². The molecule has 2 aromatic carbocycles. The molecule has 1 aliphatic heterocycles. The summed E-state index contributed by atoms with van der Waals surface area (Å²) in [5.74, 6) is -0.145. The molecule has 0 atom stereocenters. The lowest BCUT2D eigenvalue weighted by Gasteiger charge is -2.31. The van der Waals surface area contributed by atoms with Crippen LogP contribution in [0, 0.1) is 11.3 Å². The van der Waals surface area contributed by atoms with E-state index in [1.165, 1.54) is 16.4 Å². The first-order chi connectivity index (χ1) is 12.5. The number of carbonyl (C=O) groups is 1. The molecule has 0 saturated carbocycles. The molecule has 0 unspecified atom stereocenters. The number of carbonyl (C=O) groups excluding carboxylic acids is 1. The van der Waals surface area contributed by atoms with E-state index >= 15 is 0 Å². The largest absolute Gasteiger partial charge is 0.349 e. The number of nitrogens with one attached hydrogen (secondary N) is 1. The van der Waals surface area contributed by atoms with Crippen LogP contribution in [0.15, 0.2) is 59.5 Å². The first kappa shape index (κ1) is 18.1. The van der Waals surface area contributed by atoms with Gasteiger partial charge in [0.1, 0.15) is 0 Å². The van der Waals surface area contributed by atoms with E-state index < -0.39 is 10.0 Å². The first-order valence-corrected chi connectivity index (χ1v) is 9.81. The van der Waals surface area contributed by atoms with Crippen molar-refractivity contribution in [3.05, 3.63) is 65.7 Å². The Hall–Kier alpha value is -2.69. The smallest absolute Gasteiger partial charge is 0.251 e. The Morgan fingerprint density at radius 1 is 1.08 bits per heavy atom. The Balaban J connectivity index is 1.63. The van der Waals surface area contributed by atoms with Crippen LogP contribution in [0.2, 0.25) is 0 Å². The van der Waals surface area contributed by atoms with Crippen molar-refractivity contribution < 1.29 is 13.2 Å². The van der Waals surface area contributed by atoms with E-state index in [0.717, 1.165) is 0 Å². The second-order valence-electron chi connectivity index (χ2n) is 6.16. The first-order valence-electron chi connectivity index (χ1n) is 8.37. The number of hydrogen-bond donors (Lipinski definition) is 1. The lowest BCUT2D eigenvalue weighted by molar-refractivity contribution is 0.0924. The van der Waals surface area contributed by atoms with Gasteiger partial charge in [0.25, 0.3) is 5.91 Å². The fraction of sp³-hybridized carbons (Fsp3) is 0.263. The number of piperidine rings is 1. The van der Waals surface area contributed by atoms with E-state index in [1.54, 1.807) is 36.4 Å². The minimum atomic E-state index is -3.63. The van der Waals surface area contributed by atoms with Crippen LogP contribution in [0.25, 0.3) is 0 Å². The van der Waals surface area contributed by atoms with Crippen LogP contribution in [0.4, 0.5) is 0 Å². The van der Waals surface area contributed by atoms with Crippen LogP contribution in [-0.2, 0) is 10.0 Å². The van der Waals surface area contributed by atoms with Crippen LogP contribution < -0.4 is 5.32 Å². The maximum Gasteiger partial charge on any atom is 0.251 e. The average Bonchev–Trinajstić information content (AvgIpc) is 2.69. The van der Waals surface area contributed by atoms with Crippen LogP contribution in [0.1, 0.15) is 28.8 Å². The third kappa shape index (κ3) is 3.93. The van der Waals surface area contributed by atoms with Crippen molar-refractivity contribution in [1.29, 1.82) is 5.26 Å². The number of amides is 1. The van der Waals surface area contributed by atoms with Crippen LogP contribution >= 0.6 is 0 Å². The van der Waals surface area contributed by atoms with Gasteiger partial charge in [-0.2, -0.15) is 9.57 Å². The zero-order valence-electron chi connectivity index (χ0n) is 14.1. The molecule has 0 aromatic heterocycles. The Morgan fingerprint density at radius 3 is 2.42 bits per heavy atom. The molecule has 1 aliphatic rings. The topological polar surface area (TPSA) is 90.3 Å². The molecule has 2 aromatic rings. The molecular formula is C19H19N3O3S. The van der Waals surface area contributed by atoms with Gasteiger partial charge in [-0.05, 0) is 43.2 Å². The molecule has 1 N–H and O–H groups in total. The molecule has 0 bridgehead atoms. The molecule has 1 fully saturated rings. The number of nitriles is 1. The van der Waals surface area contributed by atoms with E-state index in [-0.39, 0.29) is 16.8 Å². The van der Waals surface area contributed by atoms with Crippen molar-refractivity contribution in [1.82, 2.24) is 9.62 Å². The lowest BCUT2D eigenvalue weighted by atomic mass is 10.1. The van der Waals surface area contributed by atoms with Crippen molar-refractivity contribution in [2.45, 2.75) is 23.8 Å². The monoisotopic (exact) mass is 369 g/mol. The SMILES string of the molecule is N#Cc1cccc(S(=O)(=O)N2CCC(NC(=O)c3ccccc3)CC2)c1. The highest BCUT2D eigenvalue weighted by molar-refractivity contribution is 7.89. The lowest BCUT2D eigenvalue weighted by Crippen LogP contribution is -2.46. The van der Waals surface area contributed by atoms with Crippen molar-refractivity contribution in [2.24, 2.45) is 0 Å². The maximum atomic E-state index is 12.7. The van der Waals surface area contributed by atoms with E-state index in [4.69, 9.17) is 5.26 Å². The summed E-state index contributed by atoms with van der Waals surface area (Å²) in [7, 11) is -3.63. The summed E-state index contributed by atoms with van der Waals surface area (Å²) in [5.41, 5.74) is 0.909. The second kappa shape index (κ2) is 7.68. The second-order valence-corrected chi connectivity index (χ2v) is 8.10. The molecule has 26 heavy (non-hydrogen) atoms. The fourth-order valence-corrected chi connectivity index (χ4v) is 4.49. The number of nitrogens with zero attached hydrogens (tertiary/aromatic N) is 2. The normalized spacial score (nSPS) is 16.0. The van der Waals surface area contributed by atoms with Crippen molar-refractivity contribution in [3.8, 4) is 6.07 Å². The molecule has 7 heteroatoms. The molecule has 1 heterocycles. The summed E-state index contributed by atoms with van der Waals surface area (Å²) in [5, 5.41) is 11.9. The van der Waals surface area contributed by atoms with Crippen LogP contribution in [-0.4, -0.2) is 37.8 Å². The van der Waals surface area contributed by atoms with Gasteiger partial charge in [0.15, 0.2) is 0 Å². The molecule has 0 spiro atoms. The molecule has 3 rings (SSSR count). The Kier molecular flexibility index (Phi) is 5.35. The number of hydrogen-bond acceptors (Lipinski definition) is 4. The summed E-state index contributed by atoms with van der Waals surface area (Å²) in [6, 6.07) is 16.9. The van der Waals surface area contributed by atoms with E-state index in [1.807, 2.05) is 12.1 Å². The molecule has 6 nitrogen and oxygen atoms in total. The Bertz CT molecular complexity index is 928. The molecule has 0 aliphatic carbocycles. The Labute approximate surface area is 153 Å². The summed E-state index contributed by atoms with van der Waals surface area (Å²) in [6.45, 7) is 0.664. The molecule has 134 valence electrons. The van der Waals surface area contributed by atoms with Crippen molar-refractivity contribution in [2.75, 3.05) is 13.1 Å².